The fraction of sp³-hybridized carbons (Fsp3) is 0.467. The van der Waals surface area contributed by atoms with Gasteiger partial charge >= 0.3 is 0 Å². The molecule has 6 nitrogen and oxygen atoms in total. The average Bonchev–Trinajstić information content (AvgIpc) is 3.01. The summed E-state index contributed by atoms with van der Waals surface area (Å²) in [6.07, 6.45) is 1.04. The lowest BCUT2D eigenvalue weighted by molar-refractivity contribution is -0.124. The van der Waals surface area contributed by atoms with Crippen molar-refractivity contribution in [3.63, 3.8) is 0 Å². The van der Waals surface area contributed by atoms with Gasteiger partial charge in [-0.15, -0.1) is 12.4 Å². The molecule has 1 aromatic carbocycles. The Labute approximate surface area is 146 Å². The average molecular weight is 362 g/mol. The molecular formula is C15H21Cl2N3O3. The Morgan fingerprint density at radius 3 is 2.87 bits per heavy atom. The molecule has 0 aromatic heterocycles. The van der Waals surface area contributed by atoms with E-state index >= 15 is 0 Å². The van der Waals surface area contributed by atoms with Crippen molar-refractivity contribution < 1.29 is 14.3 Å². The maximum atomic E-state index is 11.9. The van der Waals surface area contributed by atoms with Gasteiger partial charge < -0.3 is 20.7 Å². The molecule has 1 saturated heterocycles. The minimum atomic E-state index is -0.203. The number of carbonyl (C=O) groups excluding carboxylic acids is 2. The highest BCUT2D eigenvalue weighted by molar-refractivity contribution is 6.31. The monoisotopic (exact) mass is 361 g/mol. The molecule has 1 fully saturated rings. The molecule has 128 valence electrons. The third-order valence-electron chi connectivity index (χ3n) is 3.52. The van der Waals surface area contributed by atoms with Crippen LogP contribution in [-0.2, 0) is 9.59 Å². The van der Waals surface area contributed by atoms with E-state index in [0.717, 1.165) is 13.0 Å². The van der Waals surface area contributed by atoms with Gasteiger partial charge in [-0.3, -0.25) is 9.59 Å². The van der Waals surface area contributed by atoms with Gasteiger partial charge in [-0.2, -0.15) is 0 Å². The standard InChI is InChI=1S/C15H20ClN3O3.ClH/c1-22-13-3-2-11(16)8-12(13)19-14(20)5-7-18-15(21)10-4-6-17-9-10;/h2-3,8,10,17H,4-7,9H2,1H3,(H,18,21)(H,19,20);1H. The van der Waals surface area contributed by atoms with Crippen LogP contribution in [0.4, 0.5) is 5.69 Å². The van der Waals surface area contributed by atoms with Crippen molar-refractivity contribution in [3.05, 3.63) is 23.2 Å². The lowest BCUT2D eigenvalue weighted by Gasteiger charge is -2.12. The first-order valence-electron chi connectivity index (χ1n) is 7.22. The molecule has 0 spiro atoms. The highest BCUT2D eigenvalue weighted by atomic mass is 35.5. The number of benzene rings is 1. The number of anilines is 1. The lowest BCUT2D eigenvalue weighted by atomic mass is 10.1. The first kappa shape index (κ1) is 19.5. The maximum absolute atomic E-state index is 11.9. The van der Waals surface area contributed by atoms with Crippen LogP contribution in [0, 0.1) is 5.92 Å². The molecule has 0 radical (unpaired) electrons. The van der Waals surface area contributed by atoms with Gasteiger partial charge in [-0.25, -0.2) is 0 Å². The van der Waals surface area contributed by atoms with Crippen molar-refractivity contribution in [2.75, 3.05) is 32.1 Å². The summed E-state index contributed by atoms with van der Waals surface area (Å²) >= 11 is 5.91. The topological polar surface area (TPSA) is 79.5 Å². The number of hydrogen-bond donors (Lipinski definition) is 3. The fourth-order valence-corrected chi connectivity index (χ4v) is 2.48. The molecule has 1 heterocycles. The zero-order valence-electron chi connectivity index (χ0n) is 12.9. The molecule has 1 atom stereocenters. The number of carbonyl (C=O) groups is 2. The van der Waals surface area contributed by atoms with Crippen molar-refractivity contribution in [2.24, 2.45) is 5.92 Å². The van der Waals surface area contributed by atoms with E-state index in [1.165, 1.54) is 7.11 Å². The molecule has 23 heavy (non-hydrogen) atoms. The molecule has 3 N–H and O–H groups in total. The second-order valence-electron chi connectivity index (χ2n) is 5.12. The van der Waals surface area contributed by atoms with Crippen molar-refractivity contribution in [1.82, 2.24) is 10.6 Å². The second kappa shape index (κ2) is 9.60. The quantitative estimate of drug-likeness (QED) is 0.721. The molecule has 1 aliphatic heterocycles. The van der Waals surface area contributed by atoms with E-state index in [9.17, 15) is 9.59 Å². The van der Waals surface area contributed by atoms with Crippen molar-refractivity contribution in [1.29, 1.82) is 0 Å². The predicted octanol–water partition coefficient (Wildman–Crippen LogP) is 1.82. The number of rotatable bonds is 6. The molecule has 2 amide bonds. The van der Waals surface area contributed by atoms with Crippen LogP contribution in [0.1, 0.15) is 12.8 Å². The van der Waals surface area contributed by atoms with E-state index < -0.39 is 0 Å². The first-order valence-corrected chi connectivity index (χ1v) is 7.59. The third kappa shape index (κ3) is 5.89. The number of halogens is 2. The molecule has 8 heteroatoms. The second-order valence-corrected chi connectivity index (χ2v) is 5.56. The molecule has 0 bridgehead atoms. The predicted molar refractivity (Wildman–Crippen MR) is 92.5 cm³/mol. The van der Waals surface area contributed by atoms with Gasteiger partial charge in [0.2, 0.25) is 11.8 Å². The van der Waals surface area contributed by atoms with Gasteiger partial charge in [0, 0.05) is 24.5 Å². The lowest BCUT2D eigenvalue weighted by Crippen LogP contribution is -2.34. The SMILES string of the molecule is COc1ccc(Cl)cc1NC(=O)CCNC(=O)C1CCNC1.Cl. The molecule has 0 aliphatic carbocycles. The number of amides is 2. The van der Waals surface area contributed by atoms with Crippen LogP contribution in [0.15, 0.2) is 18.2 Å². The molecule has 1 aliphatic rings. The molecule has 0 saturated carbocycles. The number of methoxy groups -OCH3 is 1. The Kier molecular flexibility index (Phi) is 8.16. The molecular weight excluding hydrogens is 341 g/mol. The summed E-state index contributed by atoms with van der Waals surface area (Å²) in [7, 11) is 1.52. The highest BCUT2D eigenvalue weighted by Gasteiger charge is 2.21. The van der Waals surface area contributed by atoms with E-state index in [4.69, 9.17) is 16.3 Å². The van der Waals surface area contributed by atoms with E-state index in [1.54, 1.807) is 18.2 Å². The molecule has 2 rings (SSSR count). The fourth-order valence-electron chi connectivity index (χ4n) is 2.31. The number of hydrogen-bond acceptors (Lipinski definition) is 4. The summed E-state index contributed by atoms with van der Waals surface area (Å²) in [5.74, 6) is 0.346. The minimum absolute atomic E-state index is 0. The van der Waals surface area contributed by atoms with Crippen LogP contribution in [0.5, 0.6) is 5.75 Å². The maximum Gasteiger partial charge on any atom is 0.226 e. The van der Waals surface area contributed by atoms with Crippen molar-refractivity contribution >= 4 is 41.5 Å². The summed E-state index contributed by atoms with van der Waals surface area (Å²) < 4.78 is 5.16. The van der Waals surface area contributed by atoms with Crippen LogP contribution in [-0.4, -0.2) is 38.6 Å². The van der Waals surface area contributed by atoms with Crippen LogP contribution in [0.3, 0.4) is 0 Å². The summed E-state index contributed by atoms with van der Waals surface area (Å²) in [5.41, 5.74) is 0.520. The zero-order valence-corrected chi connectivity index (χ0v) is 14.4. The van der Waals surface area contributed by atoms with E-state index in [1.807, 2.05) is 0 Å². The summed E-state index contributed by atoms with van der Waals surface area (Å²) in [6, 6.07) is 5.00. The summed E-state index contributed by atoms with van der Waals surface area (Å²) in [4.78, 5) is 23.7. The first-order chi connectivity index (χ1) is 10.6. The number of nitrogens with one attached hydrogen (secondary N) is 3. The highest BCUT2D eigenvalue weighted by Crippen LogP contribution is 2.27. The Bertz CT molecular complexity index is 549. The van der Waals surface area contributed by atoms with Gasteiger partial charge in [0.15, 0.2) is 0 Å². The van der Waals surface area contributed by atoms with Crippen LogP contribution >= 0.6 is 24.0 Å². The van der Waals surface area contributed by atoms with E-state index in [0.29, 0.717) is 29.5 Å². The van der Waals surface area contributed by atoms with E-state index in [2.05, 4.69) is 16.0 Å². The van der Waals surface area contributed by atoms with Gasteiger partial charge in [-0.05, 0) is 31.2 Å². The van der Waals surface area contributed by atoms with Crippen molar-refractivity contribution in [2.45, 2.75) is 12.8 Å². The Morgan fingerprint density at radius 1 is 1.43 bits per heavy atom. The largest absolute Gasteiger partial charge is 0.495 e. The third-order valence-corrected chi connectivity index (χ3v) is 3.75. The molecule has 1 aromatic rings. The Morgan fingerprint density at radius 2 is 2.22 bits per heavy atom. The zero-order chi connectivity index (χ0) is 15.9. The Balaban J connectivity index is 0.00000264. The molecule has 1 unspecified atom stereocenters. The summed E-state index contributed by atoms with van der Waals surface area (Å²) in [5, 5.41) is 9.17. The van der Waals surface area contributed by atoms with Gasteiger partial charge in [0.1, 0.15) is 5.75 Å². The van der Waals surface area contributed by atoms with Crippen molar-refractivity contribution in [3.8, 4) is 5.75 Å². The Hall–Kier alpha value is -1.50. The smallest absolute Gasteiger partial charge is 0.226 e. The normalized spacial score (nSPS) is 16.3. The van der Waals surface area contributed by atoms with Gasteiger partial charge in [0.25, 0.3) is 0 Å². The van der Waals surface area contributed by atoms with Gasteiger partial charge in [-0.1, -0.05) is 11.6 Å². The number of ether oxygens (including phenoxy) is 1. The van der Waals surface area contributed by atoms with E-state index in [-0.39, 0.29) is 36.6 Å². The summed E-state index contributed by atoms with van der Waals surface area (Å²) in [6.45, 7) is 1.88. The van der Waals surface area contributed by atoms with Gasteiger partial charge in [0.05, 0.1) is 18.7 Å². The van der Waals surface area contributed by atoms with Crippen LogP contribution < -0.4 is 20.7 Å². The van der Waals surface area contributed by atoms with Crippen LogP contribution in [0.25, 0.3) is 0 Å². The minimum Gasteiger partial charge on any atom is -0.495 e. The van der Waals surface area contributed by atoms with Crippen LogP contribution in [0.2, 0.25) is 5.02 Å².